The van der Waals surface area contributed by atoms with Gasteiger partial charge in [-0.05, 0) is 12.6 Å². The molecular formula is C19H20F9N3O4. The zero-order valence-corrected chi connectivity index (χ0v) is 17.9. The molecule has 0 bridgehead atoms. The first-order valence-corrected chi connectivity index (χ1v) is 9.63. The van der Waals surface area contributed by atoms with Gasteiger partial charge in [0, 0.05) is 38.8 Å². The fraction of sp³-hybridized carbons (Fsp3) is 0.526. The summed E-state index contributed by atoms with van der Waals surface area (Å²) in [5.41, 5.74) is 1.11. The van der Waals surface area contributed by atoms with Gasteiger partial charge in [0.2, 0.25) is 0 Å². The zero-order valence-electron chi connectivity index (χ0n) is 17.9. The average Bonchev–Trinajstić information content (AvgIpc) is 2.72. The fourth-order valence-electron chi connectivity index (χ4n) is 2.78. The Labute approximate surface area is 192 Å². The summed E-state index contributed by atoms with van der Waals surface area (Å²) in [6.07, 6.45) is -16.1. The van der Waals surface area contributed by atoms with Crippen molar-refractivity contribution in [2.24, 2.45) is 0 Å². The summed E-state index contributed by atoms with van der Waals surface area (Å²) >= 11 is 0. The molecule has 1 atom stereocenters. The molecule has 1 fully saturated rings. The minimum Gasteiger partial charge on any atom is -0.380 e. The first-order chi connectivity index (χ1) is 15.9. The zero-order chi connectivity index (χ0) is 27.0. The molecule has 16 heteroatoms. The number of halogens is 9. The summed E-state index contributed by atoms with van der Waals surface area (Å²) in [7, 11) is 1.93. The molecule has 0 radical (unpaired) electrons. The molecule has 7 nitrogen and oxygen atoms in total. The predicted molar refractivity (Wildman–Crippen MR) is 100 cm³/mol. The highest BCUT2D eigenvalue weighted by molar-refractivity contribution is 5.90. The van der Waals surface area contributed by atoms with Crippen LogP contribution < -0.4 is 5.32 Å². The Bertz CT molecular complexity index is 834. The minimum atomic E-state index is -5.62. The molecule has 0 aliphatic carbocycles. The Hall–Kier alpha value is -2.88. The van der Waals surface area contributed by atoms with E-state index in [9.17, 15) is 53.9 Å². The van der Waals surface area contributed by atoms with Crippen LogP contribution in [0.3, 0.4) is 0 Å². The lowest BCUT2D eigenvalue weighted by atomic mass is 10.1. The normalized spacial score (nSPS) is 17.7. The Kier molecular flexibility index (Phi) is 10.5. The molecule has 1 aliphatic rings. The van der Waals surface area contributed by atoms with Gasteiger partial charge in [-0.15, -0.1) is 0 Å². The van der Waals surface area contributed by atoms with Crippen molar-refractivity contribution >= 4 is 17.8 Å². The van der Waals surface area contributed by atoms with Crippen molar-refractivity contribution < 1.29 is 58.6 Å². The summed E-state index contributed by atoms with van der Waals surface area (Å²) in [4.78, 5) is 34.5. The van der Waals surface area contributed by atoms with Gasteiger partial charge < -0.3 is 15.0 Å². The first kappa shape index (κ1) is 30.2. The largest absolute Gasteiger partial charge is 0.491 e. The molecule has 0 saturated carbocycles. The van der Waals surface area contributed by atoms with Crippen LogP contribution in [0.4, 0.5) is 39.5 Å². The standard InChI is InChI=1S/C15H20F3N3O.C4F6O3/c1-20-7-8-21(10-12-5-3-2-4-6-12)13(11-20)9-19-14(22)15(16,17)18;5-3(6,7)1(11)13-2(12)4(8,9)10/h2-6,13H,7-11H2,1H3,(H,19,22);. The number of piperazine rings is 1. The van der Waals surface area contributed by atoms with Crippen molar-refractivity contribution in [3.05, 3.63) is 35.9 Å². The van der Waals surface area contributed by atoms with Crippen molar-refractivity contribution in [3.63, 3.8) is 0 Å². The van der Waals surface area contributed by atoms with Crippen LogP contribution in [0.15, 0.2) is 30.3 Å². The number of esters is 2. The number of hydrogen-bond acceptors (Lipinski definition) is 6. The molecule has 1 aromatic rings. The average molecular weight is 525 g/mol. The smallest absolute Gasteiger partial charge is 0.380 e. The van der Waals surface area contributed by atoms with E-state index in [0.717, 1.165) is 18.7 Å². The lowest BCUT2D eigenvalue weighted by molar-refractivity contribution is -0.221. The van der Waals surface area contributed by atoms with E-state index in [2.05, 4.69) is 14.5 Å². The van der Waals surface area contributed by atoms with Crippen LogP contribution in [0.1, 0.15) is 5.56 Å². The fourth-order valence-corrected chi connectivity index (χ4v) is 2.78. The molecule has 1 saturated heterocycles. The van der Waals surface area contributed by atoms with E-state index in [1.54, 1.807) is 0 Å². The molecule has 0 spiro atoms. The summed E-state index contributed by atoms with van der Waals surface area (Å²) in [6.45, 7) is 2.91. The van der Waals surface area contributed by atoms with Gasteiger partial charge in [-0.2, -0.15) is 39.5 Å². The van der Waals surface area contributed by atoms with Crippen molar-refractivity contribution in [1.82, 2.24) is 15.1 Å². The quantitative estimate of drug-likeness (QED) is 0.370. The number of nitrogens with zero attached hydrogens (tertiary/aromatic N) is 2. The van der Waals surface area contributed by atoms with Crippen LogP contribution in [0.25, 0.3) is 0 Å². The molecule has 1 aliphatic heterocycles. The van der Waals surface area contributed by atoms with E-state index in [-0.39, 0.29) is 12.6 Å². The number of benzene rings is 1. The number of nitrogens with one attached hydrogen (secondary N) is 1. The van der Waals surface area contributed by atoms with Crippen LogP contribution in [-0.4, -0.2) is 85.4 Å². The summed E-state index contributed by atoms with van der Waals surface area (Å²) < 4.78 is 107. The van der Waals surface area contributed by atoms with Gasteiger partial charge in [0.15, 0.2) is 0 Å². The Morgan fingerprint density at radius 2 is 1.40 bits per heavy atom. The molecule has 1 heterocycles. The number of carbonyl (C=O) groups excluding carboxylic acids is 3. The lowest BCUT2D eigenvalue weighted by Gasteiger charge is -2.40. The van der Waals surface area contributed by atoms with Crippen LogP contribution >= 0.6 is 0 Å². The molecule has 1 N–H and O–H groups in total. The monoisotopic (exact) mass is 525 g/mol. The highest BCUT2D eigenvalue weighted by atomic mass is 19.4. The van der Waals surface area contributed by atoms with Gasteiger partial charge in [-0.3, -0.25) is 9.69 Å². The van der Waals surface area contributed by atoms with Gasteiger partial charge in [0.05, 0.1) is 0 Å². The van der Waals surface area contributed by atoms with E-state index >= 15 is 0 Å². The number of rotatable bonds is 4. The molecule has 35 heavy (non-hydrogen) atoms. The number of amides is 1. The summed E-state index contributed by atoms with van der Waals surface area (Å²) in [6, 6.07) is 9.64. The van der Waals surface area contributed by atoms with Gasteiger partial charge >= 0.3 is 36.4 Å². The van der Waals surface area contributed by atoms with Crippen LogP contribution in [0.5, 0.6) is 0 Å². The van der Waals surface area contributed by atoms with E-state index in [0.29, 0.717) is 13.1 Å². The highest BCUT2D eigenvalue weighted by Gasteiger charge is 2.49. The maximum Gasteiger partial charge on any atom is 0.491 e. The molecule has 0 aromatic heterocycles. The van der Waals surface area contributed by atoms with Crippen LogP contribution in [0, 0.1) is 0 Å². The molecule has 1 unspecified atom stereocenters. The second-order valence-electron chi connectivity index (χ2n) is 7.25. The maximum absolute atomic E-state index is 12.3. The van der Waals surface area contributed by atoms with Gasteiger partial charge in [-0.1, -0.05) is 30.3 Å². The Morgan fingerprint density at radius 1 is 0.886 bits per heavy atom. The molecule has 1 amide bonds. The topological polar surface area (TPSA) is 78.9 Å². The number of carbonyl (C=O) groups is 3. The molecule has 198 valence electrons. The third-order valence-corrected chi connectivity index (χ3v) is 4.44. The number of hydrogen-bond donors (Lipinski definition) is 1. The summed E-state index contributed by atoms with van der Waals surface area (Å²) in [5, 5.41) is 2.00. The van der Waals surface area contributed by atoms with Crippen LogP contribution in [0.2, 0.25) is 0 Å². The van der Waals surface area contributed by atoms with Crippen molar-refractivity contribution in [2.75, 3.05) is 33.2 Å². The van der Waals surface area contributed by atoms with E-state index in [1.165, 1.54) is 0 Å². The van der Waals surface area contributed by atoms with Crippen molar-refractivity contribution in [2.45, 2.75) is 31.1 Å². The van der Waals surface area contributed by atoms with Gasteiger partial charge in [-0.25, -0.2) is 9.59 Å². The predicted octanol–water partition coefficient (Wildman–Crippen LogP) is 2.66. The number of alkyl halides is 9. The maximum atomic E-state index is 12.3. The van der Waals surface area contributed by atoms with E-state index < -0.39 is 36.4 Å². The van der Waals surface area contributed by atoms with Gasteiger partial charge in [0.1, 0.15) is 0 Å². The van der Waals surface area contributed by atoms with Crippen molar-refractivity contribution in [3.8, 4) is 0 Å². The highest BCUT2D eigenvalue weighted by Crippen LogP contribution is 2.21. The van der Waals surface area contributed by atoms with Gasteiger partial charge in [0.25, 0.3) is 0 Å². The number of ether oxygens (including phenoxy) is 1. The Morgan fingerprint density at radius 3 is 1.86 bits per heavy atom. The van der Waals surface area contributed by atoms with Crippen LogP contribution in [-0.2, 0) is 25.7 Å². The SMILES string of the molecule is CN1CCN(Cc2ccccc2)C(CNC(=O)C(F)(F)F)C1.O=C(OC(=O)C(F)(F)F)C(F)(F)F. The number of likely N-dealkylation sites (N-methyl/N-ethyl adjacent to an activating group) is 1. The van der Waals surface area contributed by atoms with Crippen molar-refractivity contribution in [1.29, 1.82) is 0 Å². The van der Waals surface area contributed by atoms with E-state index in [4.69, 9.17) is 0 Å². The van der Waals surface area contributed by atoms with E-state index in [1.807, 2.05) is 42.7 Å². The Balaban J connectivity index is 0.000000405. The third-order valence-electron chi connectivity index (χ3n) is 4.44. The molecule has 1 aromatic carbocycles. The lowest BCUT2D eigenvalue weighted by Crippen LogP contribution is -2.56. The molecule has 2 rings (SSSR count). The second-order valence-corrected chi connectivity index (χ2v) is 7.25. The molecular weight excluding hydrogens is 505 g/mol. The second kappa shape index (κ2) is 12.2. The first-order valence-electron chi connectivity index (χ1n) is 9.63. The summed E-state index contributed by atoms with van der Waals surface area (Å²) in [5.74, 6) is -8.27. The minimum absolute atomic E-state index is 0.00445. The third kappa shape index (κ3) is 10.9.